The van der Waals surface area contributed by atoms with Gasteiger partial charge in [0, 0.05) is 56.7 Å². The molecule has 2 heterocycles. The number of piperazine rings is 1. The van der Waals surface area contributed by atoms with E-state index in [1.807, 2.05) is 17.0 Å². The van der Waals surface area contributed by atoms with Crippen LogP contribution in [0.25, 0.3) is 0 Å². The van der Waals surface area contributed by atoms with Crippen LogP contribution in [0.15, 0.2) is 48.5 Å². The van der Waals surface area contributed by atoms with Gasteiger partial charge in [-0.1, -0.05) is 24.3 Å². The molecule has 1 N–H and O–H groups in total. The molecule has 0 radical (unpaired) electrons. The fraction of sp³-hybridized carbons (Fsp3) is 0.409. The SMILES string of the molecule is Cc1cc(C)cc(NC(=O)N2CC(N3CCN(c4ccccc4)CC3)C2)c1. The van der Waals surface area contributed by atoms with Gasteiger partial charge in [0.2, 0.25) is 0 Å². The summed E-state index contributed by atoms with van der Waals surface area (Å²) in [6, 6.07) is 17.3. The number of amides is 2. The maximum atomic E-state index is 12.5. The molecular weight excluding hydrogens is 336 g/mol. The van der Waals surface area contributed by atoms with Crippen molar-refractivity contribution in [1.82, 2.24) is 9.80 Å². The van der Waals surface area contributed by atoms with Gasteiger partial charge in [-0.25, -0.2) is 4.79 Å². The minimum atomic E-state index is 0.0131. The van der Waals surface area contributed by atoms with Crippen molar-refractivity contribution >= 4 is 17.4 Å². The first-order valence-corrected chi connectivity index (χ1v) is 9.77. The number of benzene rings is 2. The standard InChI is InChI=1S/C22H28N4O/c1-17-12-18(2)14-19(13-17)23-22(27)26-15-21(16-26)25-10-8-24(9-11-25)20-6-4-3-5-7-20/h3-7,12-14,21H,8-11,15-16H2,1-2H3,(H,23,27). The van der Waals surface area contributed by atoms with Crippen LogP contribution in [0.2, 0.25) is 0 Å². The molecule has 2 amide bonds. The second-order valence-electron chi connectivity index (χ2n) is 7.72. The highest BCUT2D eigenvalue weighted by atomic mass is 16.2. The Kier molecular flexibility index (Phi) is 5.03. The van der Waals surface area contributed by atoms with E-state index in [9.17, 15) is 4.79 Å². The molecule has 27 heavy (non-hydrogen) atoms. The zero-order valence-corrected chi connectivity index (χ0v) is 16.2. The van der Waals surface area contributed by atoms with Crippen molar-refractivity contribution in [1.29, 1.82) is 0 Å². The van der Waals surface area contributed by atoms with E-state index < -0.39 is 0 Å². The fourth-order valence-corrected chi connectivity index (χ4v) is 4.09. The maximum absolute atomic E-state index is 12.5. The molecule has 5 nitrogen and oxygen atoms in total. The zero-order valence-electron chi connectivity index (χ0n) is 16.2. The van der Waals surface area contributed by atoms with Crippen molar-refractivity contribution in [2.24, 2.45) is 0 Å². The minimum absolute atomic E-state index is 0.0131. The molecule has 5 heteroatoms. The number of para-hydroxylation sites is 1. The van der Waals surface area contributed by atoms with E-state index in [0.29, 0.717) is 6.04 Å². The molecule has 4 rings (SSSR count). The van der Waals surface area contributed by atoms with E-state index in [0.717, 1.165) is 45.0 Å². The molecule has 0 aliphatic carbocycles. The lowest BCUT2D eigenvalue weighted by molar-refractivity contribution is 0.0578. The average Bonchev–Trinajstić information content (AvgIpc) is 2.61. The number of hydrogen-bond donors (Lipinski definition) is 1. The smallest absolute Gasteiger partial charge is 0.321 e. The molecular formula is C22H28N4O. The Morgan fingerprint density at radius 2 is 1.56 bits per heavy atom. The third-order valence-electron chi connectivity index (χ3n) is 5.57. The van der Waals surface area contributed by atoms with E-state index in [1.54, 1.807) is 0 Å². The Bertz CT molecular complexity index is 773. The fourth-order valence-electron chi connectivity index (χ4n) is 4.09. The Hall–Kier alpha value is -2.53. The van der Waals surface area contributed by atoms with Crippen LogP contribution in [-0.4, -0.2) is 61.1 Å². The van der Waals surface area contributed by atoms with Gasteiger partial charge < -0.3 is 15.1 Å². The van der Waals surface area contributed by atoms with Crippen molar-refractivity contribution in [3.63, 3.8) is 0 Å². The monoisotopic (exact) mass is 364 g/mol. The lowest BCUT2D eigenvalue weighted by atomic mass is 10.1. The van der Waals surface area contributed by atoms with E-state index in [2.05, 4.69) is 65.4 Å². The quantitative estimate of drug-likeness (QED) is 0.908. The van der Waals surface area contributed by atoms with E-state index >= 15 is 0 Å². The van der Waals surface area contributed by atoms with E-state index in [4.69, 9.17) is 0 Å². The number of anilines is 2. The lowest BCUT2D eigenvalue weighted by Gasteiger charge is -2.48. The molecule has 0 spiro atoms. The van der Waals surface area contributed by atoms with Crippen LogP contribution in [0.3, 0.4) is 0 Å². The Balaban J connectivity index is 1.24. The highest BCUT2D eigenvalue weighted by Crippen LogP contribution is 2.22. The van der Waals surface area contributed by atoms with Crippen LogP contribution in [0, 0.1) is 13.8 Å². The summed E-state index contributed by atoms with van der Waals surface area (Å²) in [5, 5.41) is 3.04. The lowest BCUT2D eigenvalue weighted by Crippen LogP contribution is -2.64. The summed E-state index contributed by atoms with van der Waals surface area (Å²) < 4.78 is 0. The third kappa shape index (κ3) is 4.08. The van der Waals surface area contributed by atoms with Crippen molar-refractivity contribution in [3.8, 4) is 0 Å². The second kappa shape index (κ2) is 7.61. The molecule has 0 bridgehead atoms. The van der Waals surface area contributed by atoms with Gasteiger partial charge in [-0.3, -0.25) is 4.90 Å². The first-order chi connectivity index (χ1) is 13.1. The zero-order chi connectivity index (χ0) is 18.8. The summed E-state index contributed by atoms with van der Waals surface area (Å²) in [5.41, 5.74) is 4.53. The van der Waals surface area contributed by atoms with Crippen LogP contribution in [0.1, 0.15) is 11.1 Å². The van der Waals surface area contributed by atoms with Gasteiger partial charge in [0.25, 0.3) is 0 Å². The Morgan fingerprint density at radius 1 is 0.926 bits per heavy atom. The number of hydrogen-bond acceptors (Lipinski definition) is 3. The molecule has 2 saturated heterocycles. The van der Waals surface area contributed by atoms with Crippen molar-refractivity contribution in [2.75, 3.05) is 49.5 Å². The van der Waals surface area contributed by atoms with Crippen LogP contribution in [0.5, 0.6) is 0 Å². The number of urea groups is 1. The summed E-state index contributed by atoms with van der Waals surface area (Å²) >= 11 is 0. The summed E-state index contributed by atoms with van der Waals surface area (Å²) in [6.07, 6.45) is 0. The average molecular weight is 364 g/mol. The molecule has 2 fully saturated rings. The summed E-state index contributed by atoms with van der Waals surface area (Å²) in [4.78, 5) is 19.4. The maximum Gasteiger partial charge on any atom is 0.321 e. The number of aryl methyl sites for hydroxylation is 2. The normalized spacial score (nSPS) is 18.3. The number of rotatable bonds is 3. The van der Waals surface area contributed by atoms with Crippen molar-refractivity contribution < 1.29 is 4.79 Å². The number of nitrogens with one attached hydrogen (secondary N) is 1. The molecule has 2 aromatic carbocycles. The van der Waals surface area contributed by atoms with Gasteiger partial charge >= 0.3 is 6.03 Å². The van der Waals surface area contributed by atoms with Gasteiger partial charge in [0.15, 0.2) is 0 Å². The van der Waals surface area contributed by atoms with E-state index in [1.165, 1.54) is 16.8 Å². The molecule has 2 aliphatic rings. The predicted molar refractivity (Wildman–Crippen MR) is 111 cm³/mol. The molecule has 2 aromatic rings. The van der Waals surface area contributed by atoms with Gasteiger partial charge in [-0.15, -0.1) is 0 Å². The molecule has 0 unspecified atom stereocenters. The second-order valence-corrected chi connectivity index (χ2v) is 7.72. The summed E-state index contributed by atoms with van der Waals surface area (Å²) in [7, 11) is 0. The molecule has 2 aliphatic heterocycles. The van der Waals surface area contributed by atoms with Gasteiger partial charge in [-0.05, 0) is 49.2 Å². The topological polar surface area (TPSA) is 38.8 Å². The number of carbonyl (C=O) groups excluding carboxylic acids is 1. The molecule has 0 atom stereocenters. The van der Waals surface area contributed by atoms with E-state index in [-0.39, 0.29) is 6.03 Å². The summed E-state index contributed by atoms with van der Waals surface area (Å²) in [6.45, 7) is 9.97. The third-order valence-corrected chi connectivity index (χ3v) is 5.57. The Labute approximate surface area is 161 Å². The van der Waals surface area contributed by atoms with Gasteiger partial charge in [0.05, 0.1) is 0 Å². The highest BCUT2D eigenvalue weighted by Gasteiger charge is 2.36. The van der Waals surface area contributed by atoms with Crippen LogP contribution >= 0.6 is 0 Å². The number of carbonyl (C=O) groups is 1. The van der Waals surface area contributed by atoms with Gasteiger partial charge in [-0.2, -0.15) is 0 Å². The van der Waals surface area contributed by atoms with Crippen molar-refractivity contribution in [3.05, 3.63) is 59.7 Å². The first-order valence-electron chi connectivity index (χ1n) is 9.77. The largest absolute Gasteiger partial charge is 0.369 e. The van der Waals surface area contributed by atoms with Crippen LogP contribution < -0.4 is 10.2 Å². The Morgan fingerprint density at radius 3 is 2.19 bits per heavy atom. The van der Waals surface area contributed by atoms with Crippen LogP contribution in [-0.2, 0) is 0 Å². The summed E-state index contributed by atoms with van der Waals surface area (Å²) in [5.74, 6) is 0. The molecule has 0 saturated carbocycles. The van der Waals surface area contributed by atoms with Crippen LogP contribution in [0.4, 0.5) is 16.2 Å². The predicted octanol–water partition coefficient (Wildman–Crippen LogP) is 3.34. The number of nitrogens with zero attached hydrogens (tertiary/aromatic N) is 3. The number of likely N-dealkylation sites (tertiary alicyclic amines) is 1. The molecule has 0 aromatic heterocycles. The minimum Gasteiger partial charge on any atom is -0.369 e. The van der Waals surface area contributed by atoms with Crippen molar-refractivity contribution in [2.45, 2.75) is 19.9 Å². The highest BCUT2D eigenvalue weighted by molar-refractivity contribution is 5.90. The first kappa shape index (κ1) is 17.9. The van der Waals surface area contributed by atoms with Gasteiger partial charge in [0.1, 0.15) is 0 Å². The molecule has 142 valence electrons.